The van der Waals surface area contributed by atoms with Gasteiger partial charge in [-0.15, -0.1) is 11.3 Å². The fourth-order valence-corrected chi connectivity index (χ4v) is 7.96. The number of fused-ring (bicyclic) bond motifs is 6. The monoisotopic (exact) mass is 587 g/mol. The Balaban J connectivity index is 0.00000142. The van der Waals surface area contributed by atoms with Gasteiger partial charge in [-0.1, -0.05) is 107 Å². The van der Waals surface area contributed by atoms with Crippen LogP contribution in [0.4, 0.5) is 0 Å². The number of rotatable bonds is 3. The second kappa shape index (κ2) is 10.1. The maximum atomic E-state index is 5.05. The lowest BCUT2D eigenvalue weighted by Crippen LogP contribution is -2.24. The fourth-order valence-electron chi connectivity index (χ4n) is 6.94. The Labute approximate surface area is 261 Å². The second-order valence-electron chi connectivity index (χ2n) is 11.7. The highest BCUT2D eigenvalue weighted by molar-refractivity contribution is 7.10. The van der Waals surface area contributed by atoms with E-state index in [1.54, 1.807) is 0 Å². The lowest BCUT2D eigenvalue weighted by molar-refractivity contribution is 0.646. The van der Waals surface area contributed by atoms with Crippen molar-refractivity contribution in [1.29, 1.82) is 0 Å². The van der Waals surface area contributed by atoms with Crippen LogP contribution in [0.1, 0.15) is 38.1 Å². The van der Waals surface area contributed by atoms with Crippen LogP contribution in [0.5, 0.6) is 0 Å². The van der Waals surface area contributed by atoms with E-state index in [1.807, 2.05) is 25.2 Å². The highest BCUT2D eigenvalue weighted by atomic mass is 32.1. The van der Waals surface area contributed by atoms with E-state index in [1.165, 1.54) is 49.1 Å². The quantitative estimate of drug-likeness (QED) is 0.202. The molecule has 4 heteroatoms. The Bertz CT molecular complexity index is 2310. The van der Waals surface area contributed by atoms with Crippen molar-refractivity contribution in [2.24, 2.45) is 0 Å². The molecule has 0 unspecified atom stereocenters. The molecule has 8 aromatic rings. The Morgan fingerprint density at radius 2 is 1.34 bits per heavy atom. The fraction of sp³-hybridized carbons (Fsp3) is 0.125. The highest BCUT2D eigenvalue weighted by Crippen LogP contribution is 2.49. The SMILES string of the molecule is CC.CC1(C)c2sccc2-n2c3ccc(-c4ccc(-c5nc6ccccc6n5-c5ccccc5)cc4)cc3c3cccc1c32. The van der Waals surface area contributed by atoms with Gasteiger partial charge in [0.1, 0.15) is 5.82 Å². The predicted octanol–water partition coefficient (Wildman–Crippen LogP) is 11.2. The Morgan fingerprint density at radius 1 is 0.614 bits per heavy atom. The van der Waals surface area contributed by atoms with E-state index in [0.29, 0.717) is 0 Å². The largest absolute Gasteiger partial charge is 0.308 e. The topological polar surface area (TPSA) is 22.8 Å². The third-order valence-electron chi connectivity index (χ3n) is 8.97. The molecule has 5 aromatic carbocycles. The molecular weight excluding hydrogens is 555 g/mol. The maximum Gasteiger partial charge on any atom is 0.145 e. The minimum absolute atomic E-state index is 0.0116. The molecule has 0 aliphatic carbocycles. The molecule has 0 spiro atoms. The van der Waals surface area contributed by atoms with Crippen molar-refractivity contribution in [3.05, 3.63) is 137 Å². The standard InChI is InChI=1S/C38H27N3S.C2H6/c1-38(2)30-12-8-11-28-29-23-26(19-20-32(29)41(35(28)30)34-21-22-42-36(34)38)24-15-17-25(18-16-24)37-39-31-13-6-7-14-33(31)40(37)27-9-4-3-5-10-27;1-2/h3-23H,1-2H3;1-2H3. The first-order chi connectivity index (χ1) is 21.6. The molecule has 0 bridgehead atoms. The van der Waals surface area contributed by atoms with Crippen LogP contribution >= 0.6 is 11.3 Å². The lowest BCUT2D eigenvalue weighted by Gasteiger charge is -2.32. The summed E-state index contributed by atoms with van der Waals surface area (Å²) >= 11 is 1.86. The van der Waals surface area contributed by atoms with Gasteiger partial charge in [0.25, 0.3) is 0 Å². The van der Waals surface area contributed by atoms with Gasteiger partial charge in [0.2, 0.25) is 0 Å². The lowest BCUT2D eigenvalue weighted by atomic mass is 9.79. The van der Waals surface area contributed by atoms with Crippen molar-refractivity contribution in [2.75, 3.05) is 0 Å². The molecule has 3 aromatic heterocycles. The first-order valence-electron chi connectivity index (χ1n) is 15.4. The van der Waals surface area contributed by atoms with E-state index in [0.717, 1.165) is 28.1 Å². The molecule has 0 N–H and O–H groups in total. The van der Waals surface area contributed by atoms with Gasteiger partial charge in [0.15, 0.2) is 0 Å². The second-order valence-corrected chi connectivity index (χ2v) is 12.6. The maximum absolute atomic E-state index is 5.05. The van der Waals surface area contributed by atoms with Crippen LogP contribution in [-0.4, -0.2) is 14.1 Å². The van der Waals surface area contributed by atoms with Crippen molar-refractivity contribution in [3.63, 3.8) is 0 Å². The summed E-state index contributed by atoms with van der Waals surface area (Å²) in [6.07, 6.45) is 0. The average molecular weight is 588 g/mol. The molecule has 3 nitrogen and oxygen atoms in total. The first kappa shape index (κ1) is 26.7. The van der Waals surface area contributed by atoms with Crippen molar-refractivity contribution in [2.45, 2.75) is 33.1 Å². The van der Waals surface area contributed by atoms with Crippen LogP contribution in [0.15, 0.2) is 127 Å². The molecule has 1 aliphatic heterocycles. The van der Waals surface area contributed by atoms with Gasteiger partial charge in [0, 0.05) is 32.3 Å². The van der Waals surface area contributed by atoms with Crippen LogP contribution in [0, 0.1) is 0 Å². The van der Waals surface area contributed by atoms with E-state index in [9.17, 15) is 0 Å². The smallest absolute Gasteiger partial charge is 0.145 e. The number of thiophene rings is 1. The third-order valence-corrected chi connectivity index (χ3v) is 10.2. The van der Waals surface area contributed by atoms with Crippen molar-refractivity contribution >= 4 is 44.2 Å². The summed E-state index contributed by atoms with van der Waals surface area (Å²) in [5.74, 6) is 0.951. The molecule has 1 aliphatic rings. The Kier molecular flexibility index (Phi) is 6.11. The normalized spacial score (nSPS) is 13.2. The summed E-state index contributed by atoms with van der Waals surface area (Å²) < 4.78 is 4.74. The van der Waals surface area contributed by atoms with E-state index in [2.05, 4.69) is 150 Å². The first-order valence-corrected chi connectivity index (χ1v) is 16.3. The molecule has 214 valence electrons. The zero-order valence-corrected chi connectivity index (χ0v) is 26.2. The molecule has 0 atom stereocenters. The predicted molar refractivity (Wildman–Crippen MR) is 188 cm³/mol. The molecule has 0 saturated heterocycles. The number of para-hydroxylation sites is 4. The summed E-state index contributed by atoms with van der Waals surface area (Å²) in [7, 11) is 0. The molecular formula is C40H33N3S. The zero-order chi connectivity index (χ0) is 30.0. The van der Waals surface area contributed by atoms with Gasteiger partial charge in [-0.25, -0.2) is 4.98 Å². The average Bonchev–Trinajstić information content (AvgIpc) is 3.80. The molecule has 0 saturated carbocycles. The van der Waals surface area contributed by atoms with Crippen LogP contribution < -0.4 is 0 Å². The van der Waals surface area contributed by atoms with Crippen molar-refractivity contribution in [1.82, 2.24) is 14.1 Å². The van der Waals surface area contributed by atoms with Gasteiger partial charge in [-0.05, 0) is 64.5 Å². The molecule has 0 amide bonds. The summed E-state index contributed by atoms with van der Waals surface area (Å²) in [6, 6.07) is 43.7. The minimum Gasteiger partial charge on any atom is -0.308 e. The van der Waals surface area contributed by atoms with E-state index in [4.69, 9.17) is 4.98 Å². The molecule has 0 radical (unpaired) electrons. The summed E-state index contributed by atoms with van der Waals surface area (Å²) in [5.41, 5.74) is 12.1. The van der Waals surface area contributed by atoms with E-state index >= 15 is 0 Å². The number of hydrogen-bond donors (Lipinski definition) is 0. The number of aromatic nitrogens is 3. The van der Waals surface area contributed by atoms with Crippen molar-refractivity contribution in [3.8, 4) is 33.9 Å². The Hall–Kier alpha value is -4.93. The summed E-state index contributed by atoms with van der Waals surface area (Å²) in [6.45, 7) is 8.72. The van der Waals surface area contributed by atoms with Gasteiger partial charge < -0.3 is 4.57 Å². The Morgan fingerprint density at radius 3 is 2.16 bits per heavy atom. The summed E-state index contributed by atoms with van der Waals surface area (Å²) in [4.78, 5) is 6.48. The van der Waals surface area contributed by atoms with E-state index in [-0.39, 0.29) is 5.41 Å². The van der Waals surface area contributed by atoms with E-state index < -0.39 is 0 Å². The number of nitrogens with zero attached hydrogens (tertiary/aromatic N) is 3. The summed E-state index contributed by atoms with van der Waals surface area (Å²) in [5, 5.41) is 4.86. The number of imidazole rings is 1. The van der Waals surface area contributed by atoms with Gasteiger partial charge in [0.05, 0.1) is 27.8 Å². The molecule has 4 heterocycles. The third kappa shape index (κ3) is 3.77. The zero-order valence-electron chi connectivity index (χ0n) is 25.4. The van der Waals surface area contributed by atoms with Crippen LogP contribution in [0.3, 0.4) is 0 Å². The molecule has 0 fully saturated rings. The number of benzene rings is 5. The van der Waals surface area contributed by atoms with Crippen LogP contribution in [0.2, 0.25) is 0 Å². The van der Waals surface area contributed by atoms with Gasteiger partial charge in [-0.2, -0.15) is 0 Å². The molecule has 9 rings (SSSR count). The number of hydrogen-bond acceptors (Lipinski definition) is 2. The van der Waals surface area contributed by atoms with Crippen LogP contribution in [-0.2, 0) is 5.41 Å². The van der Waals surface area contributed by atoms with Crippen molar-refractivity contribution < 1.29 is 0 Å². The van der Waals surface area contributed by atoms with Crippen LogP contribution in [0.25, 0.3) is 66.7 Å². The highest BCUT2D eigenvalue weighted by Gasteiger charge is 2.36. The minimum atomic E-state index is -0.0116. The van der Waals surface area contributed by atoms with Gasteiger partial charge >= 0.3 is 0 Å². The van der Waals surface area contributed by atoms with Gasteiger partial charge in [-0.3, -0.25) is 4.57 Å². The molecule has 44 heavy (non-hydrogen) atoms.